The predicted octanol–water partition coefficient (Wildman–Crippen LogP) is 2.42. The van der Waals surface area contributed by atoms with Gasteiger partial charge in [-0.3, -0.25) is 0 Å². The molecule has 2 aromatic rings. The molecule has 4 nitrogen and oxygen atoms in total. The van der Waals surface area contributed by atoms with E-state index in [2.05, 4.69) is 9.72 Å². The summed E-state index contributed by atoms with van der Waals surface area (Å²) in [6.07, 6.45) is 0. The molecule has 0 saturated heterocycles. The van der Waals surface area contributed by atoms with E-state index in [1.807, 2.05) is 31.2 Å². The molecule has 0 amide bonds. The van der Waals surface area contributed by atoms with Gasteiger partial charge < -0.3 is 9.47 Å². The zero-order valence-corrected chi connectivity index (χ0v) is 9.77. The Kier molecular flexibility index (Phi) is 3.23. The first kappa shape index (κ1) is 11.4. The molecule has 88 valence electrons. The summed E-state index contributed by atoms with van der Waals surface area (Å²) >= 11 is 0. The molecule has 1 heterocycles. The van der Waals surface area contributed by atoms with Crippen molar-refractivity contribution in [3.63, 3.8) is 0 Å². The van der Waals surface area contributed by atoms with Crippen LogP contribution in [0.15, 0.2) is 30.3 Å². The van der Waals surface area contributed by atoms with E-state index in [1.165, 1.54) is 7.11 Å². The van der Waals surface area contributed by atoms with Crippen LogP contribution in [0.5, 0.6) is 5.75 Å². The van der Waals surface area contributed by atoms with Gasteiger partial charge in [-0.25, -0.2) is 9.78 Å². The van der Waals surface area contributed by atoms with Crippen LogP contribution in [0, 0.1) is 0 Å². The number of pyridine rings is 1. The molecule has 0 aliphatic rings. The molecule has 0 bridgehead atoms. The topological polar surface area (TPSA) is 48.4 Å². The van der Waals surface area contributed by atoms with Crippen molar-refractivity contribution in [1.29, 1.82) is 0 Å². The quantitative estimate of drug-likeness (QED) is 0.761. The van der Waals surface area contributed by atoms with Gasteiger partial charge in [-0.05, 0) is 19.1 Å². The standard InChI is InChI=1S/C13H13NO3/c1-3-17-12-8-11(13(15)16-2)14-10-7-5-4-6-9(10)12/h4-8H,3H2,1-2H3. The molecular weight excluding hydrogens is 218 g/mol. The molecule has 0 N–H and O–H groups in total. The van der Waals surface area contributed by atoms with Gasteiger partial charge in [0.25, 0.3) is 0 Å². The first-order valence-electron chi connectivity index (χ1n) is 5.37. The molecule has 4 heteroatoms. The number of hydrogen-bond donors (Lipinski definition) is 0. The molecule has 1 aromatic heterocycles. The Balaban J connectivity index is 2.62. The Hall–Kier alpha value is -2.10. The maximum absolute atomic E-state index is 11.5. The van der Waals surface area contributed by atoms with Crippen LogP contribution >= 0.6 is 0 Å². The third-order valence-corrected chi connectivity index (χ3v) is 2.37. The molecular formula is C13H13NO3. The van der Waals surface area contributed by atoms with Crippen molar-refractivity contribution >= 4 is 16.9 Å². The highest BCUT2D eigenvalue weighted by atomic mass is 16.5. The lowest BCUT2D eigenvalue weighted by Crippen LogP contribution is -2.05. The van der Waals surface area contributed by atoms with Crippen molar-refractivity contribution in [2.45, 2.75) is 6.92 Å². The van der Waals surface area contributed by atoms with Gasteiger partial charge in [0.05, 0.1) is 19.2 Å². The first-order valence-corrected chi connectivity index (χ1v) is 5.37. The zero-order valence-electron chi connectivity index (χ0n) is 9.77. The minimum Gasteiger partial charge on any atom is -0.493 e. The van der Waals surface area contributed by atoms with Gasteiger partial charge in [0.2, 0.25) is 0 Å². The molecule has 17 heavy (non-hydrogen) atoms. The Morgan fingerprint density at radius 2 is 2.12 bits per heavy atom. The smallest absolute Gasteiger partial charge is 0.356 e. The van der Waals surface area contributed by atoms with Gasteiger partial charge in [0, 0.05) is 11.5 Å². The maximum Gasteiger partial charge on any atom is 0.356 e. The van der Waals surface area contributed by atoms with Crippen LogP contribution < -0.4 is 4.74 Å². The molecule has 0 saturated carbocycles. The molecule has 2 rings (SSSR count). The molecule has 0 atom stereocenters. The fraction of sp³-hybridized carbons (Fsp3) is 0.231. The highest BCUT2D eigenvalue weighted by molar-refractivity contribution is 5.93. The Morgan fingerprint density at radius 1 is 1.35 bits per heavy atom. The normalized spacial score (nSPS) is 10.2. The van der Waals surface area contributed by atoms with Crippen LogP contribution in [0.4, 0.5) is 0 Å². The van der Waals surface area contributed by atoms with Gasteiger partial charge >= 0.3 is 5.97 Å². The van der Waals surface area contributed by atoms with E-state index >= 15 is 0 Å². The van der Waals surface area contributed by atoms with Gasteiger partial charge in [0.1, 0.15) is 5.75 Å². The number of methoxy groups -OCH3 is 1. The molecule has 0 fully saturated rings. The summed E-state index contributed by atoms with van der Waals surface area (Å²) in [5.74, 6) is 0.190. The summed E-state index contributed by atoms with van der Waals surface area (Å²) in [7, 11) is 1.33. The van der Waals surface area contributed by atoms with Gasteiger partial charge in [-0.2, -0.15) is 0 Å². The summed E-state index contributed by atoms with van der Waals surface area (Å²) < 4.78 is 10.2. The van der Waals surface area contributed by atoms with Crippen LogP contribution in [-0.2, 0) is 4.74 Å². The number of rotatable bonds is 3. The summed E-state index contributed by atoms with van der Waals surface area (Å²) in [6, 6.07) is 9.13. The molecule has 1 aromatic carbocycles. The second-order valence-corrected chi connectivity index (χ2v) is 3.45. The average Bonchev–Trinajstić information content (AvgIpc) is 2.38. The van der Waals surface area contributed by atoms with E-state index in [0.29, 0.717) is 12.4 Å². The monoisotopic (exact) mass is 231 g/mol. The highest BCUT2D eigenvalue weighted by Crippen LogP contribution is 2.25. The number of nitrogens with zero attached hydrogens (tertiary/aromatic N) is 1. The zero-order chi connectivity index (χ0) is 12.3. The Morgan fingerprint density at radius 3 is 2.82 bits per heavy atom. The van der Waals surface area contributed by atoms with Crippen molar-refractivity contribution in [3.05, 3.63) is 36.0 Å². The fourth-order valence-corrected chi connectivity index (χ4v) is 1.63. The summed E-state index contributed by atoms with van der Waals surface area (Å²) in [5, 5.41) is 0.891. The highest BCUT2D eigenvalue weighted by Gasteiger charge is 2.12. The lowest BCUT2D eigenvalue weighted by Gasteiger charge is -2.08. The third-order valence-electron chi connectivity index (χ3n) is 2.37. The van der Waals surface area contributed by atoms with Crippen LogP contribution in [-0.4, -0.2) is 24.7 Å². The minimum absolute atomic E-state index is 0.259. The summed E-state index contributed by atoms with van der Waals surface area (Å²) in [6.45, 7) is 2.43. The van der Waals surface area contributed by atoms with E-state index in [0.717, 1.165) is 10.9 Å². The average molecular weight is 231 g/mol. The van der Waals surface area contributed by atoms with Crippen LogP contribution in [0.1, 0.15) is 17.4 Å². The number of carbonyl (C=O) groups excluding carboxylic acids is 1. The van der Waals surface area contributed by atoms with E-state index in [4.69, 9.17) is 4.74 Å². The van der Waals surface area contributed by atoms with Crippen molar-refractivity contribution in [2.24, 2.45) is 0 Å². The summed E-state index contributed by atoms with van der Waals surface area (Å²) in [5.41, 5.74) is 0.980. The second-order valence-electron chi connectivity index (χ2n) is 3.45. The number of benzene rings is 1. The van der Waals surface area contributed by atoms with Crippen molar-refractivity contribution in [1.82, 2.24) is 4.98 Å². The third kappa shape index (κ3) is 2.20. The molecule has 0 spiro atoms. The van der Waals surface area contributed by atoms with E-state index in [9.17, 15) is 4.79 Å². The Bertz CT molecular complexity index is 551. The second kappa shape index (κ2) is 4.82. The Labute approximate surface area is 99.2 Å². The van der Waals surface area contributed by atoms with Crippen LogP contribution in [0.2, 0.25) is 0 Å². The molecule has 0 radical (unpaired) electrons. The van der Waals surface area contributed by atoms with Crippen molar-refractivity contribution in [2.75, 3.05) is 13.7 Å². The molecule has 0 unspecified atom stereocenters. The summed E-state index contributed by atoms with van der Waals surface area (Å²) in [4.78, 5) is 15.7. The van der Waals surface area contributed by atoms with Crippen molar-refractivity contribution in [3.8, 4) is 5.75 Å². The van der Waals surface area contributed by atoms with Gasteiger partial charge in [0.15, 0.2) is 5.69 Å². The first-order chi connectivity index (χ1) is 8.26. The molecule has 0 aliphatic carbocycles. The van der Waals surface area contributed by atoms with Crippen LogP contribution in [0.25, 0.3) is 10.9 Å². The number of ether oxygens (including phenoxy) is 2. The lowest BCUT2D eigenvalue weighted by atomic mass is 10.2. The number of fused-ring (bicyclic) bond motifs is 1. The van der Waals surface area contributed by atoms with Gasteiger partial charge in [-0.15, -0.1) is 0 Å². The van der Waals surface area contributed by atoms with Crippen molar-refractivity contribution < 1.29 is 14.3 Å². The number of esters is 1. The number of para-hydroxylation sites is 1. The lowest BCUT2D eigenvalue weighted by molar-refractivity contribution is 0.0594. The van der Waals surface area contributed by atoms with E-state index in [-0.39, 0.29) is 5.69 Å². The maximum atomic E-state index is 11.5. The van der Waals surface area contributed by atoms with Crippen LogP contribution in [0.3, 0.4) is 0 Å². The SMILES string of the molecule is CCOc1cc(C(=O)OC)nc2ccccc12. The number of hydrogen-bond acceptors (Lipinski definition) is 4. The predicted molar refractivity (Wildman–Crippen MR) is 64.3 cm³/mol. The van der Waals surface area contributed by atoms with E-state index in [1.54, 1.807) is 6.07 Å². The number of aromatic nitrogens is 1. The largest absolute Gasteiger partial charge is 0.493 e. The minimum atomic E-state index is -0.461. The van der Waals surface area contributed by atoms with E-state index < -0.39 is 5.97 Å². The molecule has 0 aliphatic heterocycles. The van der Waals surface area contributed by atoms with Gasteiger partial charge in [-0.1, -0.05) is 12.1 Å². The number of carbonyl (C=O) groups is 1. The fourth-order valence-electron chi connectivity index (χ4n) is 1.63.